The largest absolute Gasteiger partial charge is 0.484 e. The minimum atomic E-state index is 0.0546. The third-order valence-electron chi connectivity index (χ3n) is 2.97. The van der Waals surface area contributed by atoms with Crippen LogP contribution in [0.3, 0.4) is 0 Å². The summed E-state index contributed by atoms with van der Waals surface area (Å²) in [6.45, 7) is 0. The summed E-state index contributed by atoms with van der Waals surface area (Å²) in [4.78, 5) is 1.24. The molecular formula is C13H12BrNOS. The molecule has 0 bridgehead atoms. The Hall–Kier alpha value is -0.840. The number of ether oxygens (including phenoxy) is 1. The van der Waals surface area contributed by atoms with E-state index in [1.165, 1.54) is 4.88 Å². The van der Waals surface area contributed by atoms with Gasteiger partial charge in [0.1, 0.15) is 11.9 Å². The molecule has 2 nitrogen and oxygen atoms in total. The van der Waals surface area contributed by atoms with Crippen LogP contribution in [0.1, 0.15) is 29.0 Å². The summed E-state index contributed by atoms with van der Waals surface area (Å²) in [7, 11) is 0. The maximum atomic E-state index is 6.20. The molecule has 0 spiro atoms. The monoisotopic (exact) mass is 309 g/mol. The molecule has 1 aliphatic rings. The van der Waals surface area contributed by atoms with Crippen LogP contribution in [0.2, 0.25) is 0 Å². The van der Waals surface area contributed by atoms with Gasteiger partial charge in [0.15, 0.2) is 0 Å². The number of halogens is 1. The lowest BCUT2D eigenvalue weighted by Gasteiger charge is -2.29. The molecule has 0 aliphatic carbocycles. The van der Waals surface area contributed by atoms with Crippen molar-refractivity contribution in [2.75, 3.05) is 0 Å². The highest BCUT2D eigenvalue weighted by Gasteiger charge is 2.27. The quantitative estimate of drug-likeness (QED) is 0.863. The molecule has 17 heavy (non-hydrogen) atoms. The molecule has 88 valence electrons. The van der Waals surface area contributed by atoms with Crippen molar-refractivity contribution in [3.05, 3.63) is 50.6 Å². The van der Waals surface area contributed by atoms with Gasteiger partial charge in [-0.2, -0.15) is 0 Å². The van der Waals surface area contributed by atoms with Crippen molar-refractivity contribution in [1.82, 2.24) is 0 Å². The molecule has 4 heteroatoms. The van der Waals surface area contributed by atoms with E-state index in [2.05, 4.69) is 27.4 Å². The summed E-state index contributed by atoms with van der Waals surface area (Å²) in [6.07, 6.45) is 0.932. The predicted octanol–water partition coefficient (Wildman–Crippen LogP) is 4.03. The number of hydrogen-bond donors (Lipinski definition) is 1. The molecular weight excluding hydrogens is 298 g/mol. The SMILES string of the molecule is N[C@@H]1CC(c2cccs2)Oc2cc(Br)ccc21. The average Bonchev–Trinajstić information content (AvgIpc) is 2.81. The van der Waals surface area contributed by atoms with Crippen LogP contribution in [0, 0.1) is 0 Å². The van der Waals surface area contributed by atoms with Crippen molar-refractivity contribution in [2.45, 2.75) is 18.6 Å². The molecule has 0 amide bonds. The van der Waals surface area contributed by atoms with Crippen molar-refractivity contribution in [3.63, 3.8) is 0 Å². The van der Waals surface area contributed by atoms with E-state index in [1.54, 1.807) is 11.3 Å². The standard InChI is InChI=1S/C13H12BrNOS/c14-8-3-4-9-10(15)7-12(16-11(9)6-8)13-2-1-5-17-13/h1-6,10,12H,7,15H2/t10-,12?/m1/s1. The van der Waals surface area contributed by atoms with Gasteiger partial charge in [-0.15, -0.1) is 11.3 Å². The van der Waals surface area contributed by atoms with Gasteiger partial charge in [0.05, 0.1) is 0 Å². The first-order chi connectivity index (χ1) is 8.24. The van der Waals surface area contributed by atoms with Gasteiger partial charge >= 0.3 is 0 Å². The van der Waals surface area contributed by atoms with Crippen LogP contribution >= 0.6 is 27.3 Å². The number of thiophene rings is 1. The van der Waals surface area contributed by atoms with Crippen molar-refractivity contribution < 1.29 is 4.74 Å². The lowest BCUT2D eigenvalue weighted by atomic mass is 9.97. The second kappa shape index (κ2) is 4.44. The molecule has 0 saturated carbocycles. The summed E-state index contributed by atoms with van der Waals surface area (Å²) < 4.78 is 7.05. The average molecular weight is 310 g/mol. The molecule has 1 unspecified atom stereocenters. The predicted molar refractivity (Wildman–Crippen MR) is 73.4 cm³/mol. The highest BCUT2D eigenvalue weighted by molar-refractivity contribution is 9.10. The summed E-state index contributed by atoms with van der Waals surface area (Å²) in [5.41, 5.74) is 7.30. The van der Waals surface area contributed by atoms with Gasteiger partial charge in [0.25, 0.3) is 0 Å². The Bertz CT molecular complexity index is 526. The fraction of sp³-hybridized carbons (Fsp3) is 0.231. The molecule has 1 aromatic carbocycles. The minimum absolute atomic E-state index is 0.0546. The fourth-order valence-corrected chi connectivity index (χ4v) is 3.23. The van der Waals surface area contributed by atoms with Crippen LogP contribution in [-0.2, 0) is 0 Å². The van der Waals surface area contributed by atoms with Gasteiger partial charge in [-0.3, -0.25) is 0 Å². The Kier molecular flexibility index (Phi) is 2.94. The van der Waals surface area contributed by atoms with Crippen molar-refractivity contribution >= 4 is 27.3 Å². The van der Waals surface area contributed by atoms with Gasteiger partial charge in [-0.25, -0.2) is 0 Å². The smallest absolute Gasteiger partial charge is 0.135 e. The van der Waals surface area contributed by atoms with Crippen LogP contribution in [-0.4, -0.2) is 0 Å². The third-order valence-corrected chi connectivity index (χ3v) is 4.43. The summed E-state index contributed by atoms with van der Waals surface area (Å²) in [6, 6.07) is 10.2. The van der Waals surface area contributed by atoms with Crippen LogP contribution in [0.4, 0.5) is 0 Å². The fourth-order valence-electron chi connectivity index (χ4n) is 2.12. The van der Waals surface area contributed by atoms with Gasteiger partial charge in [-0.05, 0) is 23.6 Å². The molecule has 2 aromatic rings. The molecule has 0 fully saturated rings. The molecule has 1 aliphatic heterocycles. The lowest BCUT2D eigenvalue weighted by Crippen LogP contribution is -2.23. The molecule has 0 saturated heterocycles. The van der Waals surface area contributed by atoms with Gasteiger partial charge < -0.3 is 10.5 Å². The van der Waals surface area contributed by atoms with Crippen molar-refractivity contribution in [3.8, 4) is 5.75 Å². The van der Waals surface area contributed by atoms with Crippen molar-refractivity contribution in [1.29, 1.82) is 0 Å². The molecule has 2 N–H and O–H groups in total. The zero-order valence-electron chi connectivity index (χ0n) is 9.10. The third kappa shape index (κ3) is 2.12. The molecule has 0 radical (unpaired) electrons. The second-order valence-electron chi connectivity index (χ2n) is 4.15. The first-order valence-corrected chi connectivity index (χ1v) is 7.16. The maximum Gasteiger partial charge on any atom is 0.135 e. The zero-order chi connectivity index (χ0) is 11.8. The molecule has 1 aromatic heterocycles. The van der Waals surface area contributed by atoms with E-state index in [1.807, 2.05) is 24.3 Å². The summed E-state index contributed by atoms with van der Waals surface area (Å²) in [5.74, 6) is 0.900. The van der Waals surface area contributed by atoms with E-state index < -0.39 is 0 Å². The second-order valence-corrected chi connectivity index (χ2v) is 6.04. The van der Waals surface area contributed by atoms with Crippen LogP contribution in [0.15, 0.2) is 40.2 Å². The van der Waals surface area contributed by atoms with Crippen LogP contribution in [0.25, 0.3) is 0 Å². The number of rotatable bonds is 1. The lowest BCUT2D eigenvalue weighted by molar-refractivity contribution is 0.165. The number of fused-ring (bicyclic) bond motifs is 1. The zero-order valence-corrected chi connectivity index (χ0v) is 11.5. The van der Waals surface area contributed by atoms with E-state index in [9.17, 15) is 0 Å². The van der Waals surface area contributed by atoms with E-state index >= 15 is 0 Å². The molecule has 3 rings (SSSR count). The first-order valence-electron chi connectivity index (χ1n) is 5.49. The Morgan fingerprint density at radius 1 is 1.35 bits per heavy atom. The minimum Gasteiger partial charge on any atom is -0.484 e. The van der Waals surface area contributed by atoms with E-state index in [0.29, 0.717) is 0 Å². The Labute approximate surface area is 113 Å². The molecule has 2 heterocycles. The number of hydrogen-bond acceptors (Lipinski definition) is 3. The maximum absolute atomic E-state index is 6.20. The molecule has 2 atom stereocenters. The number of benzene rings is 1. The Morgan fingerprint density at radius 3 is 3.00 bits per heavy atom. The summed E-state index contributed by atoms with van der Waals surface area (Å²) in [5, 5.41) is 2.07. The Morgan fingerprint density at radius 2 is 2.24 bits per heavy atom. The van der Waals surface area contributed by atoms with Crippen LogP contribution in [0.5, 0.6) is 5.75 Å². The van der Waals surface area contributed by atoms with E-state index in [-0.39, 0.29) is 12.1 Å². The number of nitrogens with two attached hydrogens (primary N) is 1. The van der Waals surface area contributed by atoms with E-state index in [4.69, 9.17) is 10.5 Å². The van der Waals surface area contributed by atoms with Crippen LogP contribution < -0.4 is 10.5 Å². The van der Waals surface area contributed by atoms with Gasteiger partial charge in [0, 0.05) is 27.4 Å². The van der Waals surface area contributed by atoms with Gasteiger partial charge in [-0.1, -0.05) is 28.1 Å². The first kappa shape index (κ1) is 11.3. The highest BCUT2D eigenvalue weighted by Crippen LogP contribution is 2.41. The topological polar surface area (TPSA) is 35.2 Å². The summed E-state index contributed by atoms with van der Waals surface area (Å²) >= 11 is 5.18. The Balaban J connectivity index is 1.97. The normalized spacial score (nSPS) is 22.9. The highest BCUT2D eigenvalue weighted by atomic mass is 79.9. The van der Waals surface area contributed by atoms with Gasteiger partial charge in [0.2, 0.25) is 0 Å². The van der Waals surface area contributed by atoms with E-state index in [0.717, 1.165) is 22.2 Å². The van der Waals surface area contributed by atoms with Crippen molar-refractivity contribution in [2.24, 2.45) is 5.73 Å².